The van der Waals surface area contributed by atoms with Gasteiger partial charge in [0.2, 0.25) is 0 Å². The number of nitriles is 1. The number of aromatic nitrogens is 3. The van der Waals surface area contributed by atoms with Crippen LogP contribution in [-0.2, 0) is 4.74 Å². The van der Waals surface area contributed by atoms with Crippen molar-refractivity contribution in [3.05, 3.63) is 35.8 Å². The SMILES string of the molecule is N#CC1CCOC[C@H]1n1cc(C(N)=O)c(Nc2ccc(C(F)F)nc2)n1. The number of hydrogen-bond donors (Lipinski definition) is 2. The number of nitrogens with one attached hydrogen (secondary N) is 1. The van der Waals surface area contributed by atoms with E-state index in [1.165, 1.54) is 29.2 Å². The molecule has 3 rings (SSSR count). The lowest BCUT2D eigenvalue weighted by Crippen LogP contribution is -2.29. The van der Waals surface area contributed by atoms with Crippen LogP contribution in [0.2, 0.25) is 0 Å². The van der Waals surface area contributed by atoms with E-state index in [9.17, 15) is 18.8 Å². The number of carbonyl (C=O) groups is 1. The predicted octanol–water partition coefficient (Wildman–Crippen LogP) is 2.16. The van der Waals surface area contributed by atoms with E-state index in [1.807, 2.05) is 0 Å². The molecule has 3 N–H and O–H groups in total. The van der Waals surface area contributed by atoms with E-state index in [2.05, 4.69) is 21.5 Å². The number of nitrogens with zero attached hydrogens (tertiary/aromatic N) is 4. The molecule has 2 atom stereocenters. The lowest BCUT2D eigenvalue weighted by molar-refractivity contribution is 0.0342. The molecule has 1 amide bonds. The van der Waals surface area contributed by atoms with Crippen LogP contribution < -0.4 is 11.1 Å². The summed E-state index contributed by atoms with van der Waals surface area (Å²) in [6.07, 6.45) is 0.565. The van der Waals surface area contributed by atoms with Crippen LogP contribution in [0.15, 0.2) is 24.5 Å². The van der Waals surface area contributed by atoms with Gasteiger partial charge in [0, 0.05) is 12.8 Å². The minimum atomic E-state index is -2.67. The van der Waals surface area contributed by atoms with Gasteiger partial charge in [-0.2, -0.15) is 10.4 Å². The number of ether oxygens (including phenoxy) is 1. The van der Waals surface area contributed by atoms with Crippen molar-refractivity contribution in [2.75, 3.05) is 18.5 Å². The summed E-state index contributed by atoms with van der Waals surface area (Å²) in [5, 5.41) is 16.4. The zero-order valence-electron chi connectivity index (χ0n) is 13.6. The average molecular weight is 362 g/mol. The highest BCUT2D eigenvalue weighted by Crippen LogP contribution is 2.28. The van der Waals surface area contributed by atoms with E-state index in [0.29, 0.717) is 25.3 Å². The van der Waals surface area contributed by atoms with Crippen LogP contribution in [0.1, 0.15) is 34.9 Å². The van der Waals surface area contributed by atoms with Crippen molar-refractivity contribution in [3.8, 4) is 6.07 Å². The number of carbonyl (C=O) groups excluding carboxylic acids is 1. The summed E-state index contributed by atoms with van der Waals surface area (Å²) in [6, 6.07) is 4.45. The van der Waals surface area contributed by atoms with Crippen molar-refractivity contribution in [2.24, 2.45) is 11.7 Å². The van der Waals surface area contributed by atoms with Gasteiger partial charge in [0.15, 0.2) is 5.82 Å². The van der Waals surface area contributed by atoms with Crippen LogP contribution in [0.3, 0.4) is 0 Å². The van der Waals surface area contributed by atoms with Crippen LogP contribution in [0, 0.1) is 17.2 Å². The number of amides is 1. The van der Waals surface area contributed by atoms with Crippen molar-refractivity contribution in [2.45, 2.75) is 18.9 Å². The van der Waals surface area contributed by atoms with Gasteiger partial charge in [0.25, 0.3) is 12.3 Å². The van der Waals surface area contributed by atoms with E-state index in [0.717, 1.165) is 0 Å². The Hall–Kier alpha value is -3.06. The Kier molecular flexibility index (Phi) is 5.09. The maximum atomic E-state index is 12.6. The third-order valence-corrected chi connectivity index (χ3v) is 4.10. The molecule has 0 bridgehead atoms. The fourth-order valence-electron chi connectivity index (χ4n) is 2.71. The monoisotopic (exact) mass is 362 g/mol. The van der Waals surface area contributed by atoms with Crippen molar-refractivity contribution in [1.29, 1.82) is 5.26 Å². The van der Waals surface area contributed by atoms with Gasteiger partial charge in [0.1, 0.15) is 11.3 Å². The number of nitrogens with two attached hydrogens (primary N) is 1. The van der Waals surface area contributed by atoms with E-state index in [1.54, 1.807) is 0 Å². The molecule has 1 aliphatic heterocycles. The predicted molar refractivity (Wildman–Crippen MR) is 86.8 cm³/mol. The molecule has 2 aromatic rings. The van der Waals surface area contributed by atoms with E-state index in [4.69, 9.17) is 10.5 Å². The Morgan fingerprint density at radius 2 is 2.31 bits per heavy atom. The first-order chi connectivity index (χ1) is 12.5. The molecule has 0 aromatic carbocycles. The summed E-state index contributed by atoms with van der Waals surface area (Å²) in [4.78, 5) is 15.4. The van der Waals surface area contributed by atoms with Gasteiger partial charge >= 0.3 is 0 Å². The molecule has 0 saturated carbocycles. The molecular formula is C16H16F2N6O2. The first-order valence-electron chi connectivity index (χ1n) is 7.87. The third kappa shape index (κ3) is 3.62. The molecule has 0 aliphatic carbocycles. The minimum Gasteiger partial charge on any atom is -0.379 e. The molecule has 8 nitrogen and oxygen atoms in total. The standard InChI is InChI=1S/C16H16F2N6O2/c17-14(18)12-2-1-10(6-21-12)22-16-11(15(20)25)7-24(23-16)13-8-26-4-3-9(13)5-19/h1-2,6-7,9,13-14H,3-4,8H2,(H2,20,25)(H,22,23)/t9?,13-/m1/s1. The van der Waals surface area contributed by atoms with Crippen LogP contribution >= 0.6 is 0 Å². The van der Waals surface area contributed by atoms with Crippen molar-refractivity contribution in [3.63, 3.8) is 0 Å². The number of alkyl halides is 2. The molecule has 26 heavy (non-hydrogen) atoms. The van der Waals surface area contributed by atoms with Gasteiger partial charge in [-0.3, -0.25) is 14.5 Å². The summed E-state index contributed by atoms with van der Waals surface area (Å²) in [5.41, 5.74) is 5.53. The van der Waals surface area contributed by atoms with Crippen molar-refractivity contribution in [1.82, 2.24) is 14.8 Å². The highest BCUT2D eigenvalue weighted by Gasteiger charge is 2.29. The van der Waals surface area contributed by atoms with Crippen LogP contribution in [0.5, 0.6) is 0 Å². The molecule has 136 valence electrons. The zero-order chi connectivity index (χ0) is 18.7. The number of rotatable bonds is 5. The van der Waals surface area contributed by atoms with Crippen LogP contribution in [0.25, 0.3) is 0 Å². The normalized spacial score (nSPS) is 19.9. The summed E-state index contributed by atoms with van der Waals surface area (Å²) in [5.74, 6) is -0.850. The molecule has 0 spiro atoms. The molecule has 1 aliphatic rings. The molecule has 2 aromatic heterocycles. The van der Waals surface area contributed by atoms with Gasteiger partial charge in [-0.05, 0) is 18.6 Å². The zero-order valence-corrected chi connectivity index (χ0v) is 13.6. The van der Waals surface area contributed by atoms with Gasteiger partial charge in [-0.15, -0.1) is 0 Å². The fraction of sp³-hybridized carbons (Fsp3) is 0.375. The summed E-state index contributed by atoms with van der Waals surface area (Å²) in [6.45, 7) is 0.786. The first kappa shape index (κ1) is 17.8. The highest BCUT2D eigenvalue weighted by molar-refractivity contribution is 5.98. The second kappa shape index (κ2) is 7.45. The fourth-order valence-corrected chi connectivity index (χ4v) is 2.71. The van der Waals surface area contributed by atoms with E-state index >= 15 is 0 Å². The van der Waals surface area contributed by atoms with Gasteiger partial charge < -0.3 is 15.8 Å². The Bertz CT molecular complexity index is 830. The number of hydrogen-bond acceptors (Lipinski definition) is 6. The molecule has 1 unspecified atom stereocenters. The number of anilines is 2. The second-order valence-corrected chi connectivity index (χ2v) is 5.80. The second-order valence-electron chi connectivity index (χ2n) is 5.80. The van der Waals surface area contributed by atoms with Crippen molar-refractivity contribution >= 4 is 17.4 Å². The Balaban J connectivity index is 1.88. The lowest BCUT2D eigenvalue weighted by Gasteiger charge is -2.26. The third-order valence-electron chi connectivity index (χ3n) is 4.10. The number of pyridine rings is 1. The quantitative estimate of drug-likeness (QED) is 0.841. The Morgan fingerprint density at radius 3 is 2.92 bits per heavy atom. The van der Waals surface area contributed by atoms with Crippen LogP contribution in [-0.4, -0.2) is 33.9 Å². The van der Waals surface area contributed by atoms with E-state index in [-0.39, 0.29) is 29.0 Å². The summed E-state index contributed by atoms with van der Waals surface area (Å²) in [7, 11) is 0. The molecular weight excluding hydrogens is 346 g/mol. The maximum absolute atomic E-state index is 12.6. The van der Waals surface area contributed by atoms with Crippen molar-refractivity contribution < 1.29 is 18.3 Å². The van der Waals surface area contributed by atoms with Gasteiger partial charge in [-0.25, -0.2) is 8.78 Å². The maximum Gasteiger partial charge on any atom is 0.280 e. The molecule has 10 heteroatoms. The van der Waals surface area contributed by atoms with Crippen LogP contribution in [0.4, 0.5) is 20.3 Å². The largest absolute Gasteiger partial charge is 0.379 e. The molecule has 0 radical (unpaired) electrons. The number of primary amides is 1. The topological polar surface area (TPSA) is 119 Å². The molecule has 1 fully saturated rings. The Labute approximate surface area is 147 Å². The average Bonchev–Trinajstić information content (AvgIpc) is 3.06. The summed E-state index contributed by atoms with van der Waals surface area (Å²) < 4.78 is 32.0. The lowest BCUT2D eigenvalue weighted by atomic mass is 9.97. The Morgan fingerprint density at radius 1 is 1.50 bits per heavy atom. The number of halogens is 2. The minimum absolute atomic E-state index is 0.116. The summed E-state index contributed by atoms with van der Waals surface area (Å²) >= 11 is 0. The highest BCUT2D eigenvalue weighted by atomic mass is 19.3. The van der Waals surface area contributed by atoms with Gasteiger partial charge in [-0.1, -0.05) is 0 Å². The smallest absolute Gasteiger partial charge is 0.280 e. The first-order valence-corrected chi connectivity index (χ1v) is 7.87. The molecule has 3 heterocycles. The van der Waals surface area contributed by atoms with Gasteiger partial charge in [0.05, 0.1) is 36.5 Å². The van der Waals surface area contributed by atoms with E-state index < -0.39 is 12.3 Å². The molecule has 1 saturated heterocycles.